The lowest BCUT2D eigenvalue weighted by atomic mass is 10.3. The van der Waals surface area contributed by atoms with Gasteiger partial charge in [-0.15, -0.1) is 0 Å². The summed E-state index contributed by atoms with van der Waals surface area (Å²) in [4.78, 5) is 0. The van der Waals surface area contributed by atoms with Gasteiger partial charge in [0.2, 0.25) is 0 Å². The van der Waals surface area contributed by atoms with Gasteiger partial charge in [0.25, 0.3) is 0 Å². The van der Waals surface area contributed by atoms with E-state index in [1.54, 1.807) is 0 Å². The normalized spacial score (nSPS) is 13.7. The van der Waals surface area contributed by atoms with Gasteiger partial charge in [0, 0.05) is 13.2 Å². The first-order chi connectivity index (χ1) is 4.31. The van der Waals surface area contributed by atoms with Crippen molar-refractivity contribution in [2.75, 3.05) is 13.2 Å². The van der Waals surface area contributed by atoms with Gasteiger partial charge >= 0.3 is 0 Å². The molecule has 0 fully saturated rings. The molecule has 0 aromatic carbocycles. The van der Waals surface area contributed by atoms with E-state index in [2.05, 4.69) is 6.92 Å². The molecule has 0 saturated carbocycles. The first-order valence-corrected chi connectivity index (χ1v) is 3.57. The van der Waals surface area contributed by atoms with Crippen LogP contribution in [-0.4, -0.2) is 19.3 Å². The Labute approximate surface area is 57.4 Å². The summed E-state index contributed by atoms with van der Waals surface area (Å²) in [6.07, 6.45) is 2.41. The van der Waals surface area contributed by atoms with Gasteiger partial charge in [-0.1, -0.05) is 13.3 Å². The van der Waals surface area contributed by atoms with Gasteiger partial charge in [0.1, 0.15) is 0 Å². The van der Waals surface area contributed by atoms with Gasteiger partial charge < -0.3 is 4.74 Å². The molecule has 1 atom stereocenters. The molecule has 0 aromatic heterocycles. The maximum Gasteiger partial charge on any atom is 0.0685 e. The van der Waals surface area contributed by atoms with Gasteiger partial charge in [-0.3, -0.25) is 5.73 Å². The fourth-order valence-corrected chi connectivity index (χ4v) is 0.488. The first-order valence-electron chi connectivity index (χ1n) is 3.57. The van der Waals surface area contributed by atoms with Crippen molar-refractivity contribution in [3.05, 3.63) is 0 Å². The predicted octanol–water partition coefficient (Wildman–Crippen LogP) is 1.47. The highest BCUT2D eigenvalue weighted by atomic mass is 16.5. The highest BCUT2D eigenvalue weighted by Crippen LogP contribution is 1.92. The van der Waals surface area contributed by atoms with Crippen LogP contribution in [0.3, 0.4) is 0 Å². The van der Waals surface area contributed by atoms with Crippen LogP contribution in [0.5, 0.6) is 0 Å². The third kappa shape index (κ3) is 5.80. The van der Waals surface area contributed by atoms with Crippen molar-refractivity contribution >= 4 is 0 Å². The molecule has 1 N–H and O–H groups in total. The molecule has 0 spiro atoms. The molecule has 0 aliphatic carbocycles. The quantitative estimate of drug-likeness (QED) is 0.519. The molecule has 9 heavy (non-hydrogen) atoms. The zero-order valence-electron chi connectivity index (χ0n) is 6.31. The van der Waals surface area contributed by atoms with Crippen LogP contribution >= 0.6 is 0 Å². The fourth-order valence-electron chi connectivity index (χ4n) is 0.488. The SMILES string of the molecule is CCCCOC(C)C[NH]. The Bertz CT molecular complexity index is 56.9. The van der Waals surface area contributed by atoms with Gasteiger partial charge in [-0.05, 0) is 13.3 Å². The molecule has 0 heterocycles. The summed E-state index contributed by atoms with van der Waals surface area (Å²) in [5, 5.41) is 0. The molecule has 0 rings (SSSR count). The average molecular weight is 130 g/mol. The first kappa shape index (κ1) is 8.92. The number of ether oxygens (including phenoxy) is 1. The van der Waals surface area contributed by atoms with Crippen molar-refractivity contribution in [3.63, 3.8) is 0 Å². The van der Waals surface area contributed by atoms with E-state index in [9.17, 15) is 0 Å². The van der Waals surface area contributed by atoms with Gasteiger partial charge in [-0.25, -0.2) is 0 Å². The van der Waals surface area contributed by atoms with Crippen molar-refractivity contribution < 1.29 is 4.74 Å². The molecule has 1 radical (unpaired) electrons. The zero-order valence-corrected chi connectivity index (χ0v) is 6.31. The van der Waals surface area contributed by atoms with Crippen molar-refractivity contribution in [1.82, 2.24) is 5.73 Å². The second-order valence-electron chi connectivity index (χ2n) is 2.24. The molecule has 0 saturated heterocycles. The molecule has 0 bridgehead atoms. The van der Waals surface area contributed by atoms with Crippen molar-refractivity contribution in [2.45, 2.75) is 32.8 Å². The smallest absolute Gasteiger partial charge is 0.0685 e. The molecule has 1 unspecified atom stereocenters. The topological polar surface area (TPSA) is 33.0 Å². The Kier molecular flexibility index (Phi) is 5.99. The van der Waals surface area contributed by atoms with Crippen LogP contribution in [0.4, 0.5) is 0 Å². The number of unbranched alkanes of at least 4 members (excludes halogenated alkanes) is 1. The largest absolute Gasteiger partial charge is 0.377 e. The lowest BCUT2D eigenvalue weighted by Crippen LogP contribution is -2.14. The molecule has 0 amide bonds. The van der Waals surface area contributed by atoms with E-state index in [1.165, 1.54) is 6.42 Å². The monoisotopic (exact) mass is 130 g/mol. The maximum absolute atomic E-state index is 6.92. The zero-order chi connectivity index (χ0) is 7.11. The van der Waals surface area contributed by atoms with Gasteiger partial charge in [0.05, 0.1) is 6.10 Å². The molecule has 0 aliphatic rings. The van der Waals surface area contributed by atoms with Crippen molar-refractivity contribution in [1.29, 1.82) is 0 Å². The summed E-state index contributed by atoms with van der Waals surface area (Å²) in [7, 11) is 0. The third-order valence-corrected chi connectivity index (χ3v) is 1.19. The number of hydrogen-bond donors (Lipinski definition) is 0. The highest BCUT2D eigenvalue weighted by molar-refractivity contribution is 4.47. The number of nitrogens with one attached hydrogen (secondary N) is 1. The van der Waals surface area contributed by atoms with Crippen LogP contribution in [0.25, 0.3) is 0 Å². The molecule has 55 valence electrons. The predicted molar refractivity (Wildman–Crippen MR) is 38.3 cm³/mol. The van der Waals surface area contributed by atoms with Crippen LogP contribution in [0.2, 0.25) is 0 Å². The fraction of sp³-hybridized carbons (Fsp3) is 1.00. The minimum Gasteiger partial charge on any atom is -0.377 e. The average Bonchev–Trinajstić information content (AvgIpc) is 1.89. The van der Waals surface area contributed by atoms with Crippen molar-refractivity contribution in [3.8, 4) is 0 Å². The molecular formula is C7H16NO. The van der Waals surface area contributed by atoms with Crippen LogP contribution in [0.15, 0.2) is 0 Å². The Morgan fingerprint density at radius 3 is 2.67 bits per heavy atom. The second kappa shape index (κ2) is 6.05. The minimum atomic E-state index is 0.122. The summed E-state index contributed by atoms with van der Waals surface area (Å²) in [5.41, 5.74) is 6.92. The van der Waals surface area contributed by atoms with Crippen LogP contribution in [0, 0.1) is 0 Å². The van der Waals surface area contributed by atoms with Gasteiger partial charge in [-0.2, -0.15) is 0 Å². The standard InChI is InChI=1S/C7H16NO/c1-3-4-5-9-7(2)6-8/h7-8H,3-6H2,1-2H3. The van der Waals surface area contributed by atoms with Crippen LogP contribution in [-0.2, 0) is 4.74 Å². The van der Waals surface area contributed by atoms with E-state index in [4.69, 9.17) is 10.5 Å². The van der Waals surface area contributed by atoms with E-state index in [1.807, 2.05) is 6.92 Å². The molecule has 2 nitrogen and oxygen atoms in total. The van der Waals surface area contributed by atoms with Crippen LogP contribution < -0.4 is 5.73 Å². The van der Waals surface area contributed by atoms with E-state index in [0.717, 1.165) is 13.0 Å². The van der Waals surface area contributed by atoms with Gasteiger partial charge in [0.15, 0.2) is 0 Å². The van der Waals surface area contributed by atoms with E-state index in [0.29, 0.717) is 6.54 Å². The molecule has 0 aliphatic heterocycles. The lowest BCUT2D eigenvalue weighted by Gasteiger charge is -2.07. The summed E-state index contributed by atoms with van der Waals surface area (Å²) in [6.45, 7) is 5.26. The van der Waals surface area contributed by atoms with Crippen molar-refractivity contribution in [2.24, 2.45) is 0 Å². The summed E-state index contributed by atoms with van der Waals surface area (Å²) < 4.78 is 5.24. The summed E-state index contributed by atoms with van der Waals surface area (Å²) in [5.74, 6) is 0. The number of hydrogen-bond acceptors (Lipinski definition) is 1. The molecule has 0 aromatic rings. The third-order valence-electron chi connectivity index (χ3n) is 1.19. The Balaban J connectivity index is 2.88. The minimum absolute atomic E-state index is 0.122. The van der Waals surface area contributed by atoms with E-state index in [-0.39, 0.29) is 6.10 Å². The molecular weight excluding hydrogens is 114 g/mol. The Morgan fingerprint density at radius 1 is 1.56 bits per heavy atom. The van der Waals surface area contributed by atoms with E-state index >= 15 is 0 Å². The van der Waals surface area contributed by atoms with E-state index < -0.39 is 0 Å². The Hall–Kier alpha value is -0.0800. The summed E-state index contributed by atoms with van der Waals surface area (Å²) in [6, 6.07) is 0. The lowest BCUT2D eigenvalue weighted by molar-refractivity contribution is 0.0688. The summed E-state index contributed by atoms with van der Waals surface area (Å²) >= 11 is 0. The molecule has 2 heteroatoms. The second-order valence-corrected chi connectivity index (χ2v) is 2.24. The Morgan fingerprint density at radius 2 is 2.22 bits per heavy atom. The number of rotatable bonds is 5. The maximum atomic E-state index is 6.92. The van der Waals surface area contributed by atoms with Crippen LogP contribution in [0.1, 0.15) is 26.7 Å². The highest BCUT2D eigenvalue weighted by Gasteiger charge is 1.95.